The molecule has 0 bridgehead atoms. The Morgan fingerprint density at radius 3 is 2.51 bits per heavy atom. The highest BCUT2D eigenvalue weighted by atomic mass is 16.5. The number of hydrogen-bond donors (Lipinski definition) is 1. The number of aryl methyl sites for hydroxylation is 2. The van der Waals surface area contributed by atoms with Crippen LogP contribution < -0.4 is 14.2 Å². The van der Waals surface area contributed by atoms with Crippen LogP contribution in [0.2, 0.25) is 0 Å². The molecule has 1 saturated heterocycles. The number of carbonyl (C=O) groups excluding carboxylic acids is 1. The third-order valence-electron chi connectivity index (χ3n) is 8.20. The predicted molar refractivity (Wildman–Crippen MR) is 179 cm³/mol. The van der Waals surface area contributed by atoms with E-state index < -0.39 is 0 Å². The van der Waals surface area contributed by atoms with E-state index in [4.69, 9.17) is 19.3 Å². The molecule has 1 amide bonds. The van der Waals surface area contributed by atoms with Crippen molar-refractivity contribution in [3.05, 3.63) is 101 Å². The number of rotatable bonds is 14. The fourth-order valence-electron chi connectivity index (χ4n) is 5.57. The molecule has 0 spiro atoms. The molecule has 4 aromatic rings. The summed E-state index contributed by atoms with van der Waals surface area (Å²) in [5.74, 6) is 3.14. The topological polar surface area (TPSA) is 113 Å². The molecular formula is C37H43N5O5. The van der Waals surface area contributed by atoms with Crippen molar-refractivity contribution in [2.24, 2.45) is 0 Å². The number of unbranched alkanes of at least 4 members (excludes halogenated alkanes) is 1. The first-order chi connectivity index (χ1) is 22.9. The number of aliphatic hydroxyl groups is 1. The highest BCUT2D eigenvalue weighted by Crippen LogP contribution is 2.30. The molecule has 3 aromatic carbocycles. The molecule has 0 aliphatic carbocycles. The van der Waals surface area contributed by atoms with Gasteiger partial charge in [0, 0.05) is 51.5 Å². The Balaban J connectivity index is 1.23. The van der Waals surface area contributed by atoms with E-state index in [0.717, 1.165) is 48.6 Å². The Hall–Kier alpha value is -4.85. The molecule has 2 heterocycles. The van der Waals surface area contributed by atoms with Gasteiger partial charge in [-0.2, -0.15) is 5.26 Å². The number of aliphatic hydroxyl groups excluding tert-OH is 1. The summed E-state index contributed by atoms with van der Waals surface area (Å²) in [5, 5.41) is 18.8. The smallest absolute Gasteiger partial charge is 0.257 e. The number of piperazine rings is 1. The Labute approximate surface area is 276 Å². The average Bonchev–Trinajstić information content (AvgIpc) is 3.42. The lowest BCUT2D eigenvalue weighted by atomic mass is 10.1. The fourth-order valence-corrected chi connectivity index (χ4v) is 5.57. The molecule has 1 fully saturated rings. The van der Waals surface area contributed by atoms with Crippen molar-refractivity contribution < 1.29 is 24.1 Å². The van der Waals surface area contributed by atoms with Crippen LogP contribution in [0.15, 0.2) is 66.9 Å². The van der Waals surface area contributed by atoms with Gasteiger partial charge in [0.1, 0.15) is 41.5 Å². The molecular weight excluding hydrogens is 594 g/mol. The highest BCUT2D eigenvalue weighted by molar-refractivity contribution is 5.97. The summed E-state index contributed by atoms with van der Waals surface area (Å²) < 4.78 is 19.8. The number of hydrogen-bond acceptors (Lipinski definition) is 8. The van der Waals surface area contributed by atoms with E-state index in [9.17, 15) is 10.1 Å². The van der Waals surface area contributed by atoms with Crippen molar-refractivity contribution in [3.8, 4) is 29.1 Å². The van der Waals surface area contributed by atoms with Crippen molar-refractivity contribution in [2.45, 2.75) is 46.7 Å². The van der Waals surface area contributed by atoms with Crippen LogP contribution in [0.5, 0.6) is 23.0 Å². The van der Waals surface area contributed by atoms with Crippen molar-refractivity contribution in [2.75, 3.05) is 46.0 Å². The summed E-state index contributed by atoms with van der Waals surface area (Å²) in [6.45, 7) is 10.9. The van der Waals surface area contributed by atoms with E-state index in [0.29, 0.717) is 66.9 Å². The minimum absolute atomic E-state index is 0.0176. The maximum Gasteiger partial charge on any atom is 0.257 e. The van der Waals surface area contributed by atoms with Crippen LogP contribution in [0.4, 0.5) is 0 Å². The molecule has 0 radical (unpaired) electrons. The predicted octanol–water partition coefficient (Wildman–Crippen LogP) is 5.72. The molecule has 1 aliphatic rings. The van der Waals surface area contributed by atoms with Gasteiger partial charge in [0.05, 0.1) is 30.0 Å². The molecule has 10 heteroatoms. The summed E-state index contributed by atoms with van der Waals surface area (Å²) in [6, 6.07) is 20.8. The molecule has 47 heavy (non-hydrogen) atoms. The van der Waals surface area contributed by atoms with Gasteiger partial charge in [0.25, 0.3) is 5.91 Å². The van der Waals surface area contributed by atoms with Gasteiger partial charge >= 0.3 is 0 Å². The summed E-state index contributed by atoms with van der Waals surface area (Å²) >= 11 is 0. The lowest BCUT2D eigenvalue weighted by Gasteiger charge is -2.35. The van der Waals surface area contributed by atoms with Crippen LogP contribution in [0.1, 0.15) is 58.3 Å². The molecule has 5 rings (SSSR count). The maximum atomic E-state index is 13.5. The second-order valence-electron chi connectivity index (χ2n) is 11.7. The molecule has 1 aliphatic heterocycles. The van der Waals surface area contributed by atoms with E-state index in [2.05, 4.69) is 27.4 Å². The number of amides is 1. The number of ether oxygens (including phenoxy) is 3. The lowest BCUT2D eigenvalue weighted by molar-refractivity contribution is 0.0621. The van der Waals surface area contributed by atoms with Crippen LogP contribution in [0.25, 0.3) is 0 Å². The number of carbonyl (C=O) groups is 1. The zero-order valence-corrected chi connectivity index (χ0v) is 27.4. The van der Waals surface area contributed by atoms with Gasteiger partial charge in [-0.25, -0.2) is 4.98 Å². The van der Waals surface area contributed by atoms with E-state index in [-0.39, 0.29) is 19.1 Å². The Morgan fingerprint density at radius 2 is 1.74 bits per heavy atom. The van der Waals surface area contributed by atoms with Gasteiger partial charge in [-0.1, -0.05) is 37.1 Å². The van der Waals surface area contributed by atoms with Gasteiger partial charge < -0.3 is 28.8 Å². The van der Waals surface area contributed by atoms with Crippen LogP contribution in [-0.4, -0.2) is 76.4 Å². The average molecular weight is 638 g/mol. The van der Waals surface area contributed by atoms with E-state index in [1.807, 2.05) is 55.3 Å². The molecule has 0 saturated carbocycles. The fraction of sp³-hybridized carbons (Fsp3) is 0.378. The first-order valence-electron chi connectivity index (χ1n) is 16.2. The Morgan fingerprint density at radius 1 is 0.936 bits per heavy atom. The first kappa shape index (κ1) is 33.5. The van der Waals surface area contributed by atoms with E-state index in [1.165, 1.54) is 0 Å². The van der Waals surface area contributed by atoms with E-state index in [1.54, 1.807) is 30.3 Å². The molecule has 0 atom stereocenters. The molecule has 10 nitrogen and oxygen atoms in total. The largest absolute Gasteiger partial charge is 0.493 e. The van der Waals surface area contributed by atoms with Crippen molar-refractivity contribution in [1.82, 2.24) is 19.4 Å². The number of nitriles is 1. The third-order valence-corrected chi connectivity index (χ3v) is 8.20. The molecule has 1 N–H and O–H groups in total. The number of nitrogens with zero attached hydrogens (tertiary/aromatic N) is 5. The third kappa shape index (κ3) is 8.70. The van der Waals surface area contributed by atoms with Crippen molar-refractivity contribution in [1.29, 1.82) is 5.26 Å². The lowest BCUT2D eigenvalue weighted by Crippen LogP contribution is -2.48. The van der Waals surface area contributed by atoms with Gasteiger partial charge in [0.15, 0.2) is 0 Å². The SMILES string of the molecule is CCCCOc1ccc(C)cc1C(=O)N1CCN(Cc2cnc(C)n2Cc2ccc(C#N)c(Oc3cccc(OCCO)c3)c2)CC1. The van der Waals surface area contributed by atoms with Crippen LogP contribution in [0, 0.1) is 25.2 Å². The number of imidazole rings is 1. The summed E-state index contributed by atoms with van der Waals surface area (Å²) in [5.41, 5.74) is 4.15. The van der Waals surface area contributed by atoms with Crippen molar-refractivity contribution in [3.63, 3.8) is 0 Å². The highest BCUT2D eigenvalue weighted by Gasteiger charge is 2.25. The summed E-state index contributed by atoms with van der Waals surface area (Å²) in [4.78, 5) is 22.4. The normalized spacial score (nSPS) is 13.3. The minimum atomic E-state index is -0.0822. The maximum absolute atomic E-state index is 13.5. The monoisotopic (exact) mass is 637 g/mol. The zero-order chi connectivity index (χ0) is 33.2. The minimum Gasteiger partial charge on any atom is -0.493 e. The number of aromatic nitrogens is 2. The van der Waals surface area contributed by atoms with Crippen molar-refractivity contribution >= 4 is 5.91 Å². The molecule has 1 aromatic heterocycles. The van der Waals surface area contributed by atoms with E-state index >= 15 is 0 Å². The second kappa shape index (κ2) is 16.1. The summed E-state index contributed by atoms with van der Waals surface area (Å²) in [6.07, 6.45) is 3.91. The molecule has 246 valence electrons. The van der Waals surface area contributed by atoms with Gasteiger partial charge in [0.2, 0.25) is 0 Å². The quantitative estimate of drug-likeness (QED) is 0.175. The zero-order valence-electron chi connectivity index (χ0n) is 27.4. The van der Waals surface area contributed by atoms with Crippen LogP contribution in [-0.2, 0) is 13.1 Å². The Kier molecular flexibility index (Phi) is 11.5. The molecule has 0 unspecified atom stereocenters. The van der Waals surface area contributed by atoms with Gasteiger partial charge in [-0.05, 0) is 62.2 Å². The van der Waals surface area contributed by atoms with Crippen LogP contribution >= 0.6 is 0 Å². The van der Waals surface area contributed by atoms with Crippen LogP contribution in [0.3, 0.4) is 0 Å². The first-order valence-corrected chi connectivity index (χ1v) is 16.2. The number of benzene rings is 3. The van der Waals surface area contributed by atoms with Gasteiger partial charge in [-0.3, -0.25) is 9.69 Å². The second-order valence-corrected chi connectivity index (χ2v) is 11.7. The summed E-state index contributed by atoms with van der Waals surface area (Å²) in [7, 11) is 0. The standard InChI is InChI=1S/C37H43N5O5/c1-4-5-18-46-35-12-9-27(2)20-34(35)37(44)41-15-13-40(14-16-41)26-31-24-39-28(3)42(31)25-29-10-11-30(23-38)36(21-29)47-33-8-6-7-32(22-33)45-19-17-43/h6-12,20-22,24,43H,4-5,13-19,25-26H2,1-3H3. The van der Waals surface area contributed by atoms with Gasteiger partial charge in [-0.15, -0.1) is 0 Å². The Bertz CT molecular complexity index is 1700.